The van der Waals surface area contributed by atoms with Crippen LogP contribution in [0.4, 0.5) is 13.2 Å². The second-order valence-corrected chi connectivity index (χ2v) is 11.0. The SMILES string of the molecule is O=S(=O)(O)CCCCn1ccc2cc(OCc3ccc(C4CCCC4)c(C(F)(F)F)c3)cc(Cl)c21. The van der Waals surface area contributed by atoms with E-state index in [-0.39, 0.29) is 18.3 Å². The standard InChI is InChI=1S/C25H27ClF3NO4S/c26-23-15-20(14-19-9-11-30(24(19)23)10-3-4-12-35(31,32)33)34-16-17-7-8-21(18-5-1-2-6-18)22(13-17)25(27,28)29/h7-9,11,13-15,18H,1-6,10,12,16H2,(H,31,32,33). The Hall–Kier alpha value is -2.23. The van der Waals surface area contributed by atoms with Crippen molar-refractivity contribution in [1.29, 1.82) is 0 Å². The highest BCUT2D eigenvalue weighted by atomic mass is 35.5. The van der Waals surface area contributed by atoms with E-state index in [0.29, 0.717) is 41.3 Å². The Morgan fingerprint density at radius 2 is 1.83 bits per heavy atom. The highest BCUT2D eigenvalue weighted by molar-refractivity contribution is 7.85. The minimum Gasteiger partial charge on any atom is -0.489 e. The molecule has 10 heteroatoms. The van der Waals surface area contributed by atoms with Crippen molar-refractivity contribution < 1.29 is 30.9 Å². The Kier molecular flexibility index (Phi) is 7.68. The van der Waals surface area contributed by atoms with Gasteiger partial charge in [0.2, 0.25) is 0 Å². The van der Waals surface area contributed by atoms with Gasteiger partial charge in [0.25, 0.3) is 10.1 Å². The summed E-state index contributed by atoms with van der Waals surface area (Å²) >= 11 is 6.47. The number of ether oxygens (including phenoxy) is 1. The first-order valence-electron chi connectivity index (χ1n) is 11.6. The summed E-state index contributed by atoms with van der Waals surface area (Å²) in [5.41, 5.74) is 0.990. The van der Waals surface area contributed by atoms with Crippen LogP contribution in [0.25, 0.3) is 10.9 Å². The predicted octanol–water partition coefficient (Wildman–Crippen LogP) is 7.22. The van der Waals surface area contributed by atoms with Crippen LogP contribution in [0, 0.1) is 0 Å². The van der Waals surface area contributed by atoms with E-state index in [1.165, 1.54) is 6.07 Å². The molecule has 5 nitrogen and oxygen atoms in total. The lowest BCUT2D eigenvalue weighted by molar-refractivity contribution is -0.138. The average molecular weight is 530 g/mol. The number of unbranched alkanes of at least 4 members (excludes halogenated alkanes) is 1. The molecule has 0 saturated heterocycles. The number of halogens is 4. The number of rotatable bonds is 9. The number of hydrogen-bond donors (Lipinski definition) is 1. The van der Waals surface area contributed by atoms with E-state index in [1.807, 2.05) is 16.8 Å². The van der Waals surface area contributed by atoms with Gasteiger partial charge in [-0.1, -0.05) is 36.6 Å². The molecule has 1 fully saturated rings. The molecule has 1 aromatic heterocycles. The van der Waals surface area contributed by atoms with Crippen LogP contribution in [0.1, 0.15) is 61.1 Å². The van der Waals surface area contributed by atoms with Crippen LogP contribution in [0.15, 0.2) is 42.6 Å². The number of hydrogen-bond acceptors (Lipinski definition) is 3. The third-order valence-corrected chi connectivity index (χ3v) is 7.56. The monoisotopic (exact) mass is 529 g/mol. The summed E-state index contributed by atoms with van der Waals surface area (Å²) in [6.07, 6.45) is 1.76. The van der Waals surface area contributed by atoms with Gasteiger partial charge in [-0.3, -0.25) is 4.55 Å². The number of aromatic nitrogens is 1. The van der Waals surface area contributed by atoms with Gasteiger partial charge in [0.05, 0.1) is 21.9 Å². The first-order chi connectivity index (χ1) is 16.5. The lowest BCUT2D eigenvalue weighted by Gasteiger charge is -2.19. The number of benzene rings is 2. The van der Waals surface area contributed by atoms with Crippen molar-refractivity contribution in [3.63, 3.8) is 0 Å². The lowest BCUT2D eigenvalue weighted by atomic mass is 9.91. The van der Waals surface area contributed by atoms with Crippen LogP contribution in [-0.4, -0.2) is 23.3 Å². The zero-order valence-electron chi connectivity index (χ0n) is 19.0. The van der Waals surface area contributed by atoms with Crippen molar-refractivity contribution in [1.82, 2.24) is 4.57 Å². The van der Waals surface area contributed by atoms with Crippen LogP contribution in [-0.2, 0) is 29.4 Å². The molecule has 4 rings (SSSR count). The molecule has 1 heterocycles. The highest BCUT2D eigenvalue weighted by Crippen LogP contribution is 2.42. The molecule has 0 amide bonds. The summed E-state index contributed by atoms with van der Waals surface area (Å²) < 4.78 is 79.5. The van der Waals surface area contributed by atoms with Gasteiger partial charge in [0.1, 0.15) is 12.4 Å². The van der Waals surface area contributed by atoms with Gasteiger partial charge in [-0.15, -0.1) is 0 Å². The molecule has 1 aliphatic rings. The molecule has 1 saturated carbocycles. The Bertz CT molecular complexity index is 1300. The fourth-order valence-electron chi connectivity index (χ4n) is 4.80. The Morgan fingerprint density at radius 3 is 2.51 bits per heavy atom. The molecule has 0 atom stereocenters. The highest BCUT2D eigenvalue weighted by Gasteiger charge is 2.36. The van der Waals surface area contributed by atoms with E-state index in [2.05, 4.69) is 0 Å². The van der Waals surface area contributed by atoms with E-state index < -0.39 is 21.9 Å². The van der Waals surface area contributed by atoms with Crippen molar-refractivity contribution in [3.05, 3.63) is 64.3 Å². The third kappa shape index (κ3) is 6.51. The van der Waals surface area contributed by atoms with Gasteiger partial charge in [0, 0.05) is 24.2 Å². The summed E-state index contributed by atoms with van der Waals surface area (Å²) in [6, 6.07) is 9.72. The summed E-state index contributed by atoms with van der Waals surface area (Å²) in [6.45, 7) is 0.499. The molecule has 3 aromatic rings. The second kappa shape index (κ2) is 10.4. The van der Waals surface area contributed by atoms with Gasteiger partial charge >= 0.3 is 6.18 Å². The minimum atomic E-state index is -4.42. The van der Waals surface area contributed by atoms with Crippen molar-refractivity contribution in [2.24, 2.45) is 0 Å². The van der Waals surface area contributed by atoms with Crippen molar-refractivity contribution in [3.8, 4) is 5.75 Å². The van der Waals surface area contributed by atoms with Crippen LogP contribution in [0.3, 0.4) is 0 Å². The van der Waals surface area contributed by atoms with Gasteiger partial charge in [-0.05, 0) is 60.9 Å². The molecule has 0 unspecified atom stereocenters. The van der Waals surface area contributed by atoms with Gasteiger partial charge in [0.15, 0.2) is 0 Å². The number of fused-ring (bicyclic) bond motifs is 1. The van der Waals surface area contributed by atoms with E-state index in [0.717, 1.165) is 36.6 Å². The maximum Gasteiger partial charge on any atom is 0.416 e. The zero-order chi connectivity index (χ0) is 25.2. The van der Waals surface area contributed by atoms with Crippen LogP contribution in [0.2, 0.25) is 5.02 Å². The zero-order valence-corrected chi connectivity index (χ0v) is 20.6. The molecule has 0 radical (unpaired) electrons. The van der Waals surface area contributed by atoms with Gasteiger partial charge < -0.3 is 9.30 Å². The topological polar surface area (TPSA) is 68.5 Å². The van der Waals surface area contributed by atoms with Crippen molar-refractivity contribution in [2.75, 3.05) is 5.75 Å². The summed E-state index contributed by atoms with van der Waals surface area (Å²) in [5, 5.41) is 1.22. The van der Waals surface area contributed by atoms with Gasteiger partial charge in [-0.25, -0.2) is 0 Å². The van der Waals surface area contributed by atoms with E-state index in [1.54, 1.807) is 24.3 Å². The fourth-order valence-corrected chi connectivity index (χ4v) is 5.70. The summed E-state index contributed by atoms with van der Waals surface area (Å²) in [5.74, 6) is 0.107. The molecule has 2 aromatic carbocycles. The summed E-state index contributed by atoms with van der Waals surface area (Å²) in [7, 11) is -3.98. The molecule has 0 aliphatic heterocycles. The summed E-state index contributed by atoms with van der Waals surface area (Å²) in [4.78, 5) is 0. The van der Waals surface area contributed by atoms with Crippen LogP contribution >= 0.6 is 11.6 Å². The number of aryl methyl sites for hydroxylation is 1. The largest absolute Gasteiger partial charge is 0.489 e. The molecule has 35 heavy (non-hydrogen) atoms. The van der Waals surface area contributed by atoms with Crippen molar-refractivity contribution >= 4 is 32.6 Å². The molecule has 190 valence electrons. The van der Waals surface area contributed by atoms with E-state index in [9.17, 15) is 21.6 Å². The smallest absolute Gasteiger partial charge is 0.416 e. The van der Waals surface area contributed by atoms with E-state index in [4.69, 9.17) is 20.9 Å². The molecule has 0 bridgehead atoms. The first-order valence-corrected chi connectivity index (χ1v) is 13.6. The number of alkyl halides is 3. The Morgan fingerprint density at radius 1 is 1.09 bits per heavy atom. The first kappa shape index (κ1) is 25.9. The second-order valence-electron chi connectivity index (χ2n) is 9.03. The Balaban J connectivity index is 1.46. The molecule has 0 spiro atoms. The number of nitrogens with zero attached hydrogens (tertiary/aromatic N) is 1. The average Bonchev–Trinajstić information content (AvgIpc) is 3.44. The molecule has 1 aliphatic carbocycles. The molecule has 1 N–H and O–H groups in total. The van der Waals surface area contributed by atoms with Crippen molar-refractivity contribution in [2.45, 2.75) is 63.8 Å². The maximum absolute atomic E-state index is 13.7. The molecular weight excluding hydrogens is 503 g/mol. The molecular formula is C25H27ClF3NO4S. The normalized spacial score (nSPS) is 15.2. The predicted molar refractivity (Wildman–Crippen MR) is 130 cm³/mol. The van der Waals surface area contributed by atoms with E-state index >= 15 is 0 Å². The van der Waals surface area contributed by atoms with Gasteiger partial charge in [-0.2, -0.15) is 21.6 Å². The maximum atomic E-state index is 13.7. The lowest BCUT2D eigenvalue weighted by Crippen LogP contribution is -2.12. The third-order valence-electron chi connectivity index (χ3n) is 6.46. The van der Waals surface area contributed by atoms with Crippen LogP contribution in [0.5, 0.6) is 5.75 Å². The Labute approximate surface area is 207 Å². The fraction of sp³-hybridized carbons (Fsp3) is 0.440. The minimum absolute atomic E-state index is 0.0216. The quantitative estimate of drug-likeness (QED) is 0.235. The van der Waals surface area contributed by atoms with Crippen LogP contribution < -0.4 is 4.74 Å².